The van der Waals surface area contributed by atoms with E-state index in [1.807, 2.05) is 0 Å². The van der Waals surface area contributed by atoms with Gasteiger partial charge in [-0.25, -0.2) is 4.79 Å². The van der Waals surface area contributed by atoms with Gasteiger partial charge in [0.1, 0.15) is 6.54 Å². The number of carbonyl (C=O) groups is 4. The molecule has 1 aliphatic heterocycles. The fraction of sp³-hybridized carbons (Fsp3) is 0.250. The molecule has 1 heterocycles. The van der Waals surface area contributed by atoms with Crippen molar-refractivity contribution in [3.8, 4) is 5.75 Å². The number of nitrogens with zero attached hydrogens (tertiary/aromatic N) is 1. The van der Waals surface area contributed by atoms with Gasteiger partial charge in [0.2, 0.25) is 0 Å². The lowest BCUT2D eigenvalue weighted by atomic mass is 10.2. The number of aliphatic carboxylic acids is 1. The Morgan fingerprint density at radius 3 is 2.67 bits per heavy atom. The summed E-state index contributed by atoms with van der Waals surface area (Å²) in [6, 6.07) is 3.02. The van der Waals surface area contributed by atoms with Gasteiger partial charge >= 0.3 is 11.9 Å². The van der Waals surface area contributed by atoms with Gasteiger partial charge in [0.25, 0.3) is 11.1 Å². The van der Waals surface area contributed by atoms with Crippen LogP contribution >= 0.6 is 39.3 Å². The third-order valence-electron chi connectivity index (χ3n) is 3.12. The van der Waals surface area contributed by atoms with Crippen molar-refractivity contribution in [1.29, 1.82) is 0 Å². The molecule has 144 valence electrons. The zero-order valence-electron chi connectivity index (χ0n) is 13.9. The highest BCUT2D eigenvalue weighted by Crippen LogP contribution is 2.37. The van der Waals surface area contributed by atoms with E-state index >= 15 is 0 Å². The van der Waals surface area contributed by atoms with Gasteiger partial charge in [0.05, 0.1) is 21.0 Å². The number of benzene rings is 1. The number of carboxylic acids is 1. The molecule has 11 heteroatoms. The van der Waals surface area contributed by atoms with E-state index in [-0.39, 0.29) is 22.3 Å². The summed E-state index contributed by atoms with van der Waals surface area (Å²) in [6.45, 7) is 0.747. The summed E-state index contributed by atoms with van der Waals surface area (Å²) in [5, 5.41) is 8.22. The highest BCUT2D eigenvalue weighted by molar-refractivity contribution is 9.10. The largest absolute Gasteiger partial charge is 0.479 e. The highest BCUT2D eigenvalue weighted by atomic mass is 79.9. The van der Waals surface area contributed by atoms with Crippen LogP contribution in [0.25, 0.3) is 6.08 Å². The summed E-state index contributed by atoms with van der Waals surface area (Å²) in [6.07, 6.45) is 1.44. The van der Waals surface area contributed by atoms with Crippen molar-refractivity contribution in [3.05, 3.63) is 32.1 Å². The number of hydrogen-bond acceptors (Lipinski definition) is 7. The molecule has 0 spiro atoms. The third-order valence-corrected chi connectivity index (χ3v) is 4.90. The fourth-order valence-corrected chi connectivity index (χ4v) is 3.89. The second kappa shape index (κ2) is 9.25. The summed E-state index contributed by atoms with van der Waals surface area (Å²) >= 11 is 10.0. The Morgan fingerprint density at radius 2 is 2.07 bits per heavy atom. The average molecular weight is 479 g/mol. The molecule has 1 fully saturated rings. The lowest BCUT2D eigenvalue weighted by Crippen LogP contribution is -2.34. The summed E-state index contributed by atoms with van der Waals surface area (Å²) < 4.78 is 10.2. The van der Waals surface area contributed by atoms with Crippen LogP contribution < -0.4 is 4.74 Å². The monoisotopic (exact) mass is 477 g/mol. The Kier molecular flexibility index (Phi) is 7.28. The predicted molar refractivity (Wildman–Crippen MR) is 102 cm³/mol. The molecule has 1 N–H and O–H groups in total. The van der Waals surface area contributed by atoms with Crippen molar-refractivity contribution in [1.82, 2.24) is 4.90 Å². The van der Waals surface area contributed by atoms with E-state index in [4.69, 9.17) is 26.2 Å². The van der Waals surface area contributed by atoms with Crippen molar-refractivity contribution >= 4 is 68.5 Å². The molecular formula is C16H13BrClNO7S. The van der Waals surface area contributed by atoms with Crippen LogP contribution in [0.5, 0.6) is 5.75 Å². The molecule has 1 saturated heterocycles. The summed E-state index contributed by atoms with van der Waals surface area (Å²) in [7, 11) is 0. The fourth-order valence-electron chi connectivity index (χ4n) is 2.06. The van der Waals surface area contributed by atoms with Gasteiger partial charge in [-0.15, -0.1) is 0 Å². The number of imide groups is 1. The molecule has 27 heavy (non-hydrogen) atoms. The molecule has 2 rings (SSSR count). The summed E-state index contributed by atoms with van der Waals surface area (Å²) in [5.41, 5.74) is 0.483. The Morgan fingerprint density at radius 1 is 1.37 bits per heavy atom. The minimum atomic E-state index is -1.16. The first-order valence-electron chi connectivity index (χ1n) is 7.47. The second-order valence-corrected chi connectivity index (χ2v) is 7.32. The van der Waals surface area contributed by atoms with Gasteiger partial charge in [0, 0.05) is 0 Å². The number of thioether (sulfide) groups is 1. The molecule has 0 bridgehead atoms. The maximum absolute atomic E-state index is 12.3. The van der Waals surface area contributed by atoms with Crippen LogP contribution in [0, 0.1) is 0 Å². The molecule has 0 aromatic heterocycles. The second-order valence-electron chi connectivity index (χ2n) is 5.07. The van der Waals surface area contributed by atoms with Gasteiger partial charge in [-0.2, -0.15) is 0 Å². The number of esters is 1. The van der Waals surface area contributed by atoms with E-state index < -0.39 is 36.2 Å². The first kappa shape index (κ1) is 21.3. The molecule has 0 atom stereocenters. The van der Waals surface area contributed by atoms with Crippen LogP contribution in [-0.2, 0) is 19.1 Å². The van der Waals surface area contributed by atoms with Gasteiger partial charge in [0.15, 0.2) is 12.4 Å². The smallest absolute Gasteiger partial charge is 0.341 e. The predicted octanol–water partition coefficient (Wildman–Crippen LogP) is 3.17. The van der Waals surface area contributed by atoms with Crippen LogP contribution in [0.1, 0.15) is 12.5 Å². The highest BCUT2D eigenvalue weighted by Gasteiger charge is 2.36. The SMILES string of the molecule is CCOC(=O)CN1C(=O)S/C(=C/c2cc(Cl)c(OCC(=O)O)c(Br)c2)C1=O. The average Bonchev–Trinajstić information content (AvgIpc) is 2.81. The van der Waals surface area contributed by atoms with Crippen LogP contribution in [0.15, 0.2) is 21.5 Å². The minimum Gasteiger partial charge on any atom is -0.479 e. The number of carboxylic acid groups (broad SMARTS) is 1. The Hall–Kier alpha value is -2.04. The maximum Gasteiger partial charge on any atom is 0.341 e. The first-order chi connectivity index (χ1) is 12.7. The standard InChI is InChI=1S/C16H13BrClNO7S/c1-2-25-13(22)6-19-15(23)11(27-16(19)24)5-8-3-9(17)14(10(18)4-8)26-7-12(20)21/h3-5H,2,6-7H2,1H3,(H,20,21)/b11-5+. The molecule has 8 nitrogen and oxygen atoms in total. The number of halogens is 2. The van der Waals surface area contributed by atoms with E-state index in [0.29, 0.717) is 21.8 Å². The Balaban J connectivity index is 2.21. The number of ether oxygens (including phenoxy) is 2. The molecule has 0 aliphatic carbocycles. The van der Waals surface area contributed by atoms with Crippen LogP contribution in [0.4, 0.5) is 4.79 Å². The van der Waals surface area contributed by atoms with E-state index in [0.717, 1.165) is 4.90 Å². The summed E-state index contributed by atoms with van der Waals surface area (Å²) in [5.74, 6) is -2.30. The van der Waals surface area contributed by atoms with Crippen molar-refractivity contribution in [2.45, 2.75) is 6.92 Å². The molecule has 1 aromatic rings. The lowest BCUT2D eigenvalue weighted by Gasteiger charge is -2.11. The van der Waals surface area contributed by atoms with Crippen LogP contribution in [-0.4, -0.2) is 52.8 Å². The number of rotatable bonds is 7. The molecule has 0 unspecified atom stereocenters. The van der Waals surface area contributed by atoms with Gasteiger partial charge in [-0.3, -0.25) is 19.3 Å². The molecule has 1 aromatic carbocycles. The van der Waals surface area contributed by atoms with E-state index in [2.05, 4.69) is 15.9 Å². The molecular weight excluding hydrogens is 466 g/mol. The molecule has 0 saturated carbocycles. The van der Waals surface area contributed by atoms with Gasteiger partial charge in [-0.05, 0) is 58.4 Å². The van der Waals surface area contributed by atoms with E-state index in [1.54, 1.807) is 13.0 Å². The first-order valence-corrected chi connectivity index (χ1v) is 9.46. The molecule has 0 radical (unpaired) electrons. The van der Waals surface area contributed by atoms with Crippen molar-refractivity contribution in [2.24, 2.45) is 0 Å². The normalized spacial score (nSPS) is 15.4. The minimum absolute atomic E-state index is 0.117. The van der Waals surface area contributed by atoms with Crippen molar-refractivity contribution in [2.75, 3.05) is 19.8 Å². The zero-order chi connectivity index (χ0) is 20.1. The van der Waals surface area contributed by atoms with Crippen LogP contribution in [0.3, 0.4) is 0 Å². The van der Waals surface area contributed by atoms with Gasteiger partial charge in [-0.1, -0.05) is 11.6 Å². The van der Waals surface area contributed by atoms with Crippen LogP contribution in [0.2, 0.25) is 5.02 Å². The van der Waals surface area contributed by atoms with Crippen molar-refractivity contribution in [3.63, 3.8) is 0 Å². The zero-order valence-corrected chi connectivity index (χ0v) is 17.0. The van der Waals surface area contributed by atoms with Gasteiger partial charge < -0.3 is 14.6 Å². The summed E-state index contributed by atoms with van der Waals surface area (Å²) in [4.78, 5) is 47.4. The number of hydrogen-bond donors (Lipinski definition) is 1. The maximum atomic E-state index is 12.3. The van der Waals surface area contributed by atoms with E-state index in [9.17, 15) is 19.2 Å². The lowest BCUT2D eigenvalue weighted by molar-refractivity contribution is -0.146. The third kappa shape index (κ3) is 5.47. The van der Waals surface area contributed by atoms with E-state index in [1.165, 1.54) is 12.1 Å². The molecule has 1 aliphatic rings. The van der Waals surface area contributed by atoms with Crippen molar-refractivity contribution < 1.29 is 33.8 Å². The topological polar surface area (TPSA) is 110 Å². The number of carbonyl (C=O) groups excluding carboxylic acids is 3. The molecule has 2 amide bonds. The Bertz CT molecular complexity index is 819. The number of amides is 2. The quantitative estimate of drug-likeness (QED) is 0.470. The Labute approximate surface area is 171 Å².